The molecule has 0 atom stereocenters. The summed E-state index contributed by atoms with van der Waals surface area (Å²) in [5.74, 6) is -0.372. The van der Waals surface area contributed by atoms with Gasteiger partial charge in [0, 0.05) is 21.9 Å². The van der Waals surface area contributed by atoms with E-state index in [4.69, 9.17) is 16.3 Å². The van der Waals surface area contributed by atoms with Gasteiger partial charge in [0.15, 0.2) is 0 Å². The molecular weight excluding hydrogens is 368 g/mol. The molecule has 0 saturated carbocycles. The molecule has 2 aromatic carbocycles. The number of aliphatic carboxylic acids is 1. The second-order valence-electron chi connectivity index (χ2n) is 5.61. The average molecular weight is 385 g/mol. The van der Waals surface area contributed by atoms with Gasteiger partial charge in [-0.25, -0.2) is 4.79 Å². The number of halogens is 1. The summed E-state index contributed by atoms with van der Waals surface area (Å²) in [4.78, 5) is 12.3. The fourth-order valence-electron chi connectivity index (χ4n) is 2.51. The van der Waals surface area contributed by atoms with Crippen LogP contribution in [0.15, 0.2) is 66.0 Å². The van der Waals surface area contributed by atoms with E-state index in [1.54, 1.807) is 30.3 Å². The molecule has 1 heterocycles. The molecule has 0 radical (unpaired) electrons. The highest BCUT2D eigenvalue weighted by molar-refractivity contribution is 7.11. The van der Waals surface area contributed by atoms with Crippen LogP contribution in [-0.4, -0.2) is 17.7 Å². The molecular formula is C21H17ClO3S. The zero-order valence-electron chi connectivity index (χ0n) is 13.9. The van der Waals surface area contributed by atoms with Gasteiger partial charge in [-0.2, -0.15) is 0 Å². The summed E-state index contributed by atoms with van der Waals surface area (Å²) in [6, 6.07) is 18.9. The third kappa shape index (κ3) is 4.75. The maximum atomic E-state index is 11.7. The molecule has 26 heavy (non-hydrogen) atoms. The molecule has 3 rings (SSSR count). The Labute approximate surface area is 161 Å². The van der Waals surface area contributed by atoms with Crippen LogP contribution < -0.4 is 4.74 Å². The quantitative estimate of drug-likeness (QED) is 0.535. The zero-order chi connectivity index (χ0) is 18.4. The Morgan fingerprint density at radius 1 is 1.12 bits per heavy atom. The molecule has 0 saturated heterocycles. The van der Waals surface area contributed by atoms with Crippen LogP contribution in [0.3, 0.4) is 0 Å². The predicted octanol–water partition coefficient (Wildman–Crippen LogP) is 5.65. The Morgan fingerprint density at radius 3 is 2.62 bits per heavy atom. The minimum absolute atomic E-state index is 0.218. The van der Waals surface area contributed by atoms with E-state index in [1.807, 2.05) is 41.8 Å². The van der Waals surface area contributed by atoms with Crippen LogP contribution in [-0.2, 0) is 11.2 Å². The molecule has 1 aromatic heterocycles. The summed E-state index contributed by atoms with van der Waals surface area (Å²) in [5.41, 5.74) is 2.05. The molecule has 5 heteroatoms. The Hall–Kier alpha value is -2.56. The van der Waals surface area contributed by atoms with E-state index >= 15 is 0 Å². The van der Waals surface area contributed by atoms with Crippen molar-refractivity contribution < 1.29 is 14.6 Å². The fourth-order valence-corrected chi connectivity index (χ4v) is 3.43. The number of hydrogen-bond acceptors (Lipinski definition) is 3. The van der Waals surface area contributed by atoms with E-state index < -0.39 is 5.97 Å². The average Bonchev–Trinajstić information content (AvgIpc) is 3.16. The molecule has 132 valence electrons. The highest BCUT2D eigenvalue weighted by atomic mass is 35.5. The minimum atomic E-state index is -0.984. The van der Waals surface area contributed by atoms with E-state index in [9.17, 15) is 9.90 Å². The molecule has 0 aliphatic carbocycles. The number of thiophene rings is 1. The molecule has 0 aliphatic heterocycles. The first-order valence-corrected chi connectivity index (χ1v) is 9.34. The lowest BCUT2D eigenvalue weighted by molar-refractivity contribution is -0.130. The van der Waals surface area contributed by atoms with Crippen molar-refractivity contribution in [3.63, 3.8) is 0 Å². The van der Waals surface area contributed by atoms with Crippen LogP contribution in [0.5, 0.6) is 5.75 Å². The molecule has 3 aromatic rings. The summed E-state index contributed by atoms with van der Waals surface area (Å²) < 4.78 is 5.90. The Morgan fingerprint density at radius 2 is 1.92 bits per heavy atom. The van der Waals surface area contributed by atoms with E-state index in [0.29, 0.717) is 27.8 Å². The van der Waals surface area contributed by atoms with Crippen molar-refractivity contribution in [1.29, 1.82) is 0 Å². The van der Waals surface area contributed by atoms with Crippen LogP contribution in [0.4, 0.5) is 0 Å². The van der Waals surface area contributed by atoms with Crippen molar-refractivity contribution in [2.24, 2.45) is 0 Å². The largest absolute Gasteiger partial charge is 0.493 e. The standard InChI is InChI=1S/C21H17ClO3S/c22-17-8-9-19(25-11-10-15-5-2-1-3-6-15)16(13-17)14-18(21(23)24)20-7-4-12-26-20/h1-9,12-14H,10-11H2,(H,23,24)/b18-14-. The predicted molar refractivity (Wildman–Crippen MR) is 107 cm³/mol. The van der Waals surface area contributed by atoms with Gasteiger partial charge < -0.3 is 9.84 Å². The summed E-state index contributed by atoms with van der Waals surface area (Å²) in [6.07, 6.45) is 2.38. The van der Waals surface area contributed by atoms with E-state index in [1.165, 1.54) is 16.9 Å². The number of rotatable bonds is 7. The maximum Gasteiger partial charge on any atom is 0.337 e. The monoisotopic (exact) mass is 384 g/mol. The van der Waals surface area contributed by atoms with E-state index in [-0.39, 0.29) is 5.57 Å². The van der Waals surface area contributed by atoms with Gasteiger partial charge in [-0.05, 0) is 41.3 Å². The highest BCUT2D eigenvalue weighted by Gasteiger charge is 2.13. The molecule has 3 nitrogen and oxygen atoms in total. The van der Waals surface area contributed by atoms with Crippen LogP contribution in [0, 0.1) is 0 Å². The Kier molecular flexibility index (Phi) is 6.10. The molecule has 0 spiro atoms. The Bertz CT molecular complexity index is 902. The highest BCUT2D eigenvalue weighted by Crippen LogP contribution is 2.29. The second-order valence-corrected chi connectivity index (χ2v) is 6.99. The third-order valence-corrected chi connectivity index (χ3v) is 4.92. The SMILES string of the molecule is O=C(O)/C(=C\c1cc(Cl)ccc1OCCc1ccccc1)c1cccs1. The van der Waals surface area contributed by atoms with Crippen molar-refractivity contribution >= 4 is 40.6 Å². The molecule has 1 N–H and O–H groups in total. The van der Waals surface area contributed by atoms with Crippen molar-refractivity contribution in [3.8, 4) is 5.75 Å². The molecule has 0 amide bonds. The van der Waals surface area contributed by atoms with Gasteiger partial charge in [0.1, 0.15) is 5.75 Å². The minimum Gasteiger partial charge on any atom is -0.493 e. The molecule has 0 fully saturated rings. The fraction of sp³-hybridized carbons (Fsp3) is 0.0952. The Balaban J connectivity index is 1.83. The van der Waals surface area contributed by atoms with Gasteiger partial charge in [-0.3, -0.25) is 0 Å². The number of carboxylic acid groups (broad SMARTS) is 1. The van der Waals surface area contributed by atoms with Gasteiger partial charge in [0.05, 0.1) is 12.2 Å². The first-order valence-electron chi connectivity index (χ1n) is 8.08. The molecule has 0 unspecified atom stereocenters. The lowest BCUT2D eigenvalue weighted by Gasteiger charge is -2.11. The van der Waals surface area contributed by atoms with Crippen molar-refractivity contribution in [1.82, 2.24) is 0 Å². The lowest BCUT2D eigenvalue weighted by Crippen LogP contribution is -2.03. The molecule has 0 aliphatic rings. The molecule has 0 bridgehead atoms. The van der Waals surface area contributed by atoms with Crippen LogP contribution in [0.25, 0.3) is 11.6 Å². The van der Waals surface area contributed by atoms with Gasteiger partial charge >= 0.3 is 5.97 Å². The number of carboxylic acids is 1. The normalized spacial score (nSPS) is 11.3. The van der Waals surface area contributed by atoms with Gasteiger partial charge in [0.25, 0.3) is 0 Å². The maximum absolute atomic E-state index is 11.7. The second kappa shape index (κ2) is 8.70. The summed E-state index contributed by atoms with van der Waals surface area (Å²) >= 11 is 7.49. The number of hydrogen-bond donors (Lipinski definition) is 1. The zero-order valence-corrected chi connectivity index (χ0v) is 15.5. The van der Waals surface area contributed by atoms with Gasteiger partial charge in [0.2, 0.25) is 0 Å². The van der Waals surface area contributed by atoms with Gasteiger partial charge in [-0.15, -0.1) is 11.3 Å². The topological polar surface area (TPSA) is 46.5 Å². The van der Waals surface area contributed by atoms with E-state index in [0.717, 1.165) is 6.42 Å². The van der Waals surface area contributed by atoms with Crippen LogP contribution >= 0.6 is 22.9 Å². The van der Waals surface area contributed by atoms with E-state index in [2.05, 4.69) is 0 Å². The number of ether oxygens (including phenoxy) is 1. The first-order chi connectivity index (χ1) is 12.6. The number of benzene rings is 2. The third-order valence-electron chi connectivity index (χ3n) is 3.78. The van der Waals surface area contributed by atoms with Crippen molar-refractivity contribution in [2.45, 2.75) is 6.42 Å². The van der Waals surface area contributed by atoms with Crippen molar-refractivity contribution in [3.05, 3.63) is 87.1 Å². The smallest absolute Gasteiger partial charge is 0.337 e. The summed E-state index contributed by atoms with van der Waals surface area (Å²) in [7, 11) is 0. The van der Waals surface area contributed by atoms with Crippen LogP contribution in [0.2, 0.25) is 5.02 Å². The van der Waals surface area contributed by atoms with Crippen molar-refractivity contribution in [2.75, 3.05) is 6.61 Å². The van der Waals surface area contributed by atoms with Gasteiger partial charge in [-0.1, -0.05) is 48.0 Å². The lowest BCUT2D eigenvalue weighted by atomic mass is 10.1. The van der Waals surface area contributed by atoms with Crippen LogP contribution in [0.1, 0.15) is 16.0 Å². The summed E-state index contributed by atoms with van der Waals surface area (Å²) in [6.45, 7) is 0.494. The summed E-state index contributed by atoms with van der Waals surface area (Å²) in [5, 5.41) is 11.9. The number of carbonyl (C=O) groups is 1. The first kappa shape index (κ1) is 18.2.